The number of aliphatic hydroxyl groups excluding tert-OH is 5. The minimum Gasteiger partial charge on any atom is -0.454 e. The summed E-state index contributed by atoms with van der Waals surface area (Å²) < 4.78 is 17.6. The second kappa shape index (κ2) is 52.5. The molecule has 0 aromatic carbocycles. The van der Waals surface area contributed by atoms with Gasteiger partial charge in [-0.15, -0.1) is 0 Å². The molecule has 8 atom stereocenters. The number of esters is 1. The number of amides is 1. The van der Waals surface area contributed by atoms with E-state index < -0.39 is 67.4 Å². The Morgan fingerprint density at radius 1 is 0.513 bits per heavy atom. The molecule has 11 nitrogen and oxygen atoms in total. The summed E-state index contributed by atoms with van der Waals surface area (Å²) in [4.78, 5) is 26.5. The van der Waals surface area contributed by atoms with Gasteiger partial charge in [0.05, 0.1) is 25.4 Å². The van der Waals surface area contributed by atoms with Crippen molar-refractivity contribution in [1.82, 2.24) is 5.32 Å². The van der Waals surface area contributed by atoms with E-state index in [1.165, 1.54) is 89.9 Å². The Labute approximate surface area is 463 Å². The largest absolute Gasteiger partial charge is 0.454 e. The van der Waals surface area contributed by atoms with E-state index in [0.717, 1.165) is 116 Å². The SMILES string of the molecule is CCCCC/C=C\C/C=C\C/C=C\CCCCCCCCC(=O)OC1C(OCC(NC(=O)C(O)CCCCC/C=C\C/C=C\C/C=C\CCCCC)C(O)/C=C/CCCCCCCCCCCC)OC(CO)C(O)C1O. The molecule has 1 aliphatic rings. The first-order chi connectivity index (χ1) is 37.2. The van der Waals surface area contributed by atoms with Crippen LogP contribution >= 0.6 is 0 Å². The zero-order chi connectivity index (χ0) is 55.4. The van der Waals surface area contributed by atoms with E-state index in [9.17, 15) is 35.1 Å². The van der Waals surface area contributed by atoms with Gasteiger partial charge in [0.1, 0.15) is 24.4 Å². The third kappa shape index (κ3) is 40.1. The highest BCUT2D eigenvalue weighted by molar-refractivity contribution is 5.80. The maximum atomic E-state index is 13.4. The lowest BCUT2D eigenvalue weighted by molar-refractivity contribution is -0.305. The number of hydrogen-bond acceptors (Lipinski definition) is 10. The zero-order valence-electron chi connectivity index (χ0n) is 48.3. The lowest BCUT2D eigenvalue weighted by Gasteiger charge is -2.41. The van der Waals surface area contributed by atoms with Crippen LogP contribution in [0.4, 0.5) is 0 Å². The first-order valence-electron chi connectivity index (χ1n) is 30.9. The van der Waals surface area contributed by atoms with Crippen LogP contribution in [0, 0.1) is 0 Å². The van der Waals surface area contributed by atoms with Crippen LogP contribution in [-0.4, -0.2) is 99.6 Å². The molecule has 0 spiro atoms. The number of aliphatic hydroxyl groups is 5. The van der Waals surface area contributed by atoms with Crippen molar-refractivity contribution in [2.75, 3.05) is 13.2 Å². The van der Waals surface area contributed by atoms with E-state index >= 15 is 0 Å². The van der Waals surface area contributed by atoms with Crippen LogP contribution in [-0.2, 0) is 23.8 Å². The van der Waals surface area contributed by atoms with Crippen molar-refractivity contribution in [3.63, 3.8) is 0 Å². The van der Waals surface area contributed by atoms with Gasteiger partial charge < -0.3 is 45.1 Å². The molecule has 6 N–H and O–H groups in total. The Bertz CT molecular complexity index is 1560. The summed E-state index contributed by atoms with van der Waals surface area (Å²) in [5, 5.41) is 56.9. The van der Waals surface area contributed by atoms with E-state index in [1.54, 1.807) is 6.08 Å². The van der Waals surface area contributed by atoms with Gasteiger partial charge in [-0.25, -0.2) is 0 Å². The van der Waals surface area contributed by atoms with Gasteiger partial charge >= 0.3 is 5.97 Å². The predicted molar refractivity (Wildman–Crippen MR) is 315 cm³/mol. The van der Waals surface area contributed by atoms with Gasteiger partial charge in [-0.2, -0.15) is 0 Å². The average Bonchev–Trinajstić information content (AvgIpc) is 3.42. The van der Waals surface area contributed by atoms with Crippen molar-refractivity contribution >= 4 is 11.9 Å². The summed E-state index contributed by atoms with van der Waals surface area (Å²) in [5.74, 6) is -1.23. The van der Waals surface area contributed by atoms with Crippen molar-refractivity contribution in [3.05, 3.63) is 85.1 Å². The molecule has 1 amide bonds. The molecule has 1 fully saturated rings. The Morgan fingerprint density at radius 3 is 1.38 bits per heavy atom. The fourth-order valence-electron chi connectivity index (χ4n) is 9.08. The molecule has 0 aromatic heterocycles. The van der Waals surface area contributed by atoms with Gasteiger partial charge in [-0.1, -0.05) is 228 Å². The van der Waals surface area contributed by atoms with Gasteiger partial charge in [-0.3, -0.25) is 9.59 Å². The topological polar surface area (TPSA) is 175 Å². The summed E-state index contributed by atoms with van der Waals surface area (Å²) in [6.45, 7) is 5.70. The van der Waals surface area contributed by atoms with Crippen LogP contribution in [0.25, 0.3) is 0 Å². The molecule has 1 rings (SSSR count). The van der Waals surface area contributed by atoms with Gasteiger partial charge in [0.25, 0.3) is 0 Å². The molecule has 0 aromatic rings. The smallest absolute Gasteiger partial charge is 0.306 e. The first-order valence-corrected chi connectivity index (χ1v) is 30.9. The van der Waals surface area contributed by atoms with E-state index in [-0.39, 0.29) is 19.4 Å². The maximum absolute atomic E-state index is 13.4. The number of allylic oxidation sites excluding steroid dienone is 13. The minimum absolute atomic E-state index is 0.103. The van der Waals surface area contributed by atoms with Gasteiger partial charge in [-0.05, 0) is 103 Å². The highest BCUT2D eigenvalue weighted by Gasteiger charge is 2.47. The molecule has 1 aliphatic heterocycles. The second-order valence-corrected chi connectivity index (χ2v) is 21.1. The molecule has 11 heteroatoms. The van der Waals surface area contributed by atoms with Crippen LogP contribution in [0.5, 0.6) is 0 Å². The first kappa shape index (κ1) is 70.9. The number of unbranched alkanes of at least 4 members (excludes halogenated alkanes) is 25. The molecule has 8 unspecified atom stereocenters. The van der Waals surface area contributed by atoms with Crippen LogP contribution in [0.2, 0.25) is 0 Å². The molecule has 0 saturated carbocycles. The van der Waals surface area contributed by atoms with Crippen LogP contribution in [0.3, 0.4) is 0 Å². The number of carbonyl (C=O) groups is 2. The number of ether oxygens (including phenoxy) is 3. The fraction of sp³-hybridized carbons (Fsp3) is 0.754. The Kier molecular flexibility index (Phi) is 49.0. The summed E-state index contributed by atoms with van der Waals surface area (Å²) in [6, 6.07) is -1.04. The Hall–Kier alpha value is -3.16. The Morgan fingerprint density at radius 2 is 0.908 bits per heavy atom. The molecule has 0 radical (unpaired) electrons. The number of nitrogens with one attached hydrogen (secondary N) is 1. The highest BCUT2D eigenvalue weighted by Crippen LogP contribution is 2.26. The molecule has 76 heavy (non-hydrogen) atoms. The normalized spacial score (nSPS) is 19.7. The third-order valence-electron chi connectivity index (χ3n) is 14.0. The molecular weight excluding hydrogens is 955 g/mol. The van der Waals surface area contributed by atoms with E-state index in [0.29, 0.717) is 12.8 Å². The molecule has 1 heterocycles. The van der Waals surface area contributed by atoms with Crippen molar-refractivity contribution in [1.29, 1.82) is 0 Å². The lowest BCUT2D eigenvalue weighted by atomic mass is 9.99. The van der Waals surface area contributed by atoms with E-state index in [2.05, 4.69) is 99.0 Å². The summed E-state index contributed by atoms with van der Waals surface area (Å²) in [5.41, 5.74) is 0. The number of rotatable bonds is 51. The number of hydrogen-bond donors (Lipinski definition) is 6. The van der Waals surface area contributed by atoms with Crippen LogP contribution in [0.1, 0.15) is 252 Å². The van der Waals surface area contributed by atoms with Gasteiger partial charge in [0.2, 0.25) is 5.91 Å². The predicted octanol–water partition coefficient (Wildman–Crippen LogP) is 14.6. The highest BCUT2D eigenvalue weighted by atomic mass is 16.7. The Balaban J connectivity index is 2.72. The fourth-order valence-corrected chi connectivity index (χ4v) is 9.08. The molecule has 1 saturated heterocycles. The average molecular weight is 1070 g/mol. The summed E-state index contributed by atoms with van der Waals surface area (Å²) in [7, 11) is 0. The summed E-state index contributed by atoms with van der Waals surface area (Å²) >= 11 is 0. The van der Waals surface area contributed by atoms with Crippen molar-refractivity contribution in [2.24, 2.45) is 0 Å². The van der Waals surface area contributed by atoms with Gasteiger partial charge in [0, 0.05) is 6.42 Å². The second-order valence-electron chi connectivity index (χ2n) is 21.1. The van der Waals surface area contributed by atoms with Crippen molar-refractivity contribution in [2.45, 2.75) is 301 Å². The van der Waals surface area contributed by atoms with E-state index in [1.807, 2.05) is 6.08 Å². The quantitative estimate of drug-likeness (QED) is 0.0195. The minimum atomic E-state index is -1.63. The number of carbonyl (C=O) groups excluding carboxylic acids is 2. The lowest BCUT2D eigenvalue weighted by Crippen LogP contribution is -2.61. The maximum Gasteiger partial charge on any atom is 0.306 e. The van der Waals surface area contributed by atoms with Gasteiger partial charge in [0.15, 0.2) is 12.4 Å². The molecule has 438 valence electrons. The van der Waals surface area contributed by atoms with Crippen molar-refractivity contribution < 1.29 is 49.3 Å². The summed E-state index contributed by atoms with van der Waals surface area (Å²) in [6.07, 6.45) is 57.5. The third-order valence-corrected chi connectivity index (χ3v) is 14.0. The molecule has 0 aliphatic carbocycles. The monoisotopic (exact) mass is 1070 g/mol. The molecular formula is C65H113NO10. The van der Waals surface area contributed by atoms with E-state index in [4.69, 9.17) is 14.2 Å². The molecule has 0 bridgehead atoms. The van der Waals surface area contributed by atoms with Crippen LogP contribution < -0.4 is 5.32 Å². The van der Waals surface area contributed by atoms with Crippen LogP contribution in [0.15, 0.2) is 85.1 Å². The van der Waals surface area contributed by atoms with Crippen molar-refractivity contribution in [3.8, 4) is 0 Å². The zero-order valence-corrected chi connectivity index (χ0v) is 48.3. The standard InChI is InChI=1S/C65H113NO10/c1-4-7-10-13-16-19-22-25-27-29-30-31-33-35-38-41-44-47-50-53-60(70)76-63-62(72)61(71)59(54-67)75-65(63)74-55-56(57(68)51-48-45-42-39-36-24-21-18-15-12-9-6-3)66-64(73)58(69)52-49-46-43-40-37-34-32-28-26-23-20-17-14-11-8-5-2/h16-17,19-20,25-28,30-31,34,37,48,51,56-59,61-63,65,67-69,71-72H,4-15,18,21-24,29,32-33,35-36,38-47,49-50,52-55H2,1-3H3,(H,66,73)/b19-16-,20-17-,27-25-,28-26-,31-30-,37-34-,51-48+.